The number of carbonyl (C=O) groups excluding carboxylic acids is 2. The lowest BCUT2D eigenvalue weighted by Crippen LogP contribution is -2.42. The lowest BCUT2D eigenvalue weighted by Gasteiger charge is -2.14. The van der Waals surface area contributed by atoms with Crippen molar-refractivity contribution >= 4 is 18.3 Å². The SMILES string of the molecule is COC(=O)C(C/C=N\OCc1ccccc1)NC(=O)OCc1ccccc1. The van der Waals surface area contributed by atoms with Crippen LogP contribution in [0.3, 0.4) is 0 Å². The van der Waals surface area contributed by atoms with E-state index in [1.807, 2.05) is 60.7 Å². The molecule has 0 saturated heterocycles. The van der Waals surface area contributed by atoms with Crippen LogP contribution >= 0.6 is 0 Å². The van der Waals surface area contributed by atoms with Gasteiger partial charge in [0, 0.05) is 12.6 Å². The Hall–Kier alpha value is -3.35. The van der Waals surface area contributed by atoms with Crippen molar-refractivity contribution in [1.29, 1.82) is 0 Å². The van der Waals surface area contributed by atoms with Crippen molar-refractivity contribution in [3.05, 3.63) is 71.8 Å². The van der Waals surface area contributed by atoms with E-state index < -0.39 is 18.1 Å². The number of hydrogen-bond donors (Lipinski definition) is 1. The van der Waals surface area contributed by atoms with Gasteiger partial charge in [0.2, 0.25) is 0 Å². The third kappa shape index (κ3) is 7.60. The van der Waals surface area contributed by atoms with Gasteiger partial charge < -0.3 is 19.6 Å². The van der Waals surface area contributed by atoms with Crippen LogP contribution in [0.15, 0.2) is 65.8 Å². The molecule has 0 aliphatic heterocycles. The molecule has 1 amide bonds. The lowest BCUT2D eigenvalue weighted by atomic mass is 10.2. The summed E-state index contributed by atoms with van der Waals surface area (Å²) in [6, 6.07) is 17.9. The maximum absolute atomic E-state index is 11.9. The smallest absolute Gasteiger partial charge is 0.408 e. The first-order chi connectivity index (χ1) is 13.2. The van der Waals surface area contributed by atoms with Crippen LogP contribution in [0.2, 0.25) is 0 Å². The highest BCUT2D eigenvalue weighted by Gasteiger charge is 2.21. The van der Waals surface area contributed by atoms with Crippen molar-refractivity contribution < 1.29 is 23.9 Å². The van der Waals surface area contributed by atoms with E-state index in [4.69, 9.17) is 14.3 Å². The van der Waals surface area contributed by atoms with Crippen LogP contribution in [0.25, 0.3) is 0 Å². The molecule has 0 aliphatic rings. The average Bonchev–Trinajstić information content (AvgIpc) is 2.72. The fourth-order valence-corrected chi connectivity index (χ4v) is 2.15. The predicted octanol–water partition coefficient (Wildman–Crippen LogP) is 3.05. The van der Waals surface area contributed by atoms with E-state index in [9.17, 15) is 9.59 Å². The summed E-state index contributed by atoms with van der Waals surface area (Å²) >= 11 is 0. The summed E-state index contributed by atoms with van der Waals surface area (Å²) in [5.74, 6) is -0.596. The van der Waals surface area contributed by atoms with Crippen molar-refractivity contribution in [3.8, 4) is 0 Å². The second-order valence-electron chi connectivity index (χ2n) is 5.56. The topological polar surface area (TPSA) is 86.2 Å². The predicted molar refractivity (Wildman–Crippen MR) is 99.9 cm³/mol. The monoisotopic (exact) mass is 370 g/mol. The van der Waals surface area contributed by atoms with E-state index in [-0.39, 0.29) is 13.0 Å². The largest absolute Gasteiger partial charge is 0.467 e. The van der Waals surface area contributed by atoms with Crippen LogP contribution in [0, 0.1) is 0 Å². The molecule has 2 rings (SSSR count). The molecule has 0 spiro atoms. The Balaban J connectivity index is 1.77. The molecule has 2 aromatic rings. The molecule has 0 radical (unpaired) electrons. The zero-order chi connectivity index (χ0) is 19.3. The van der Waals surface area contributed by atoms with Gasteiger partial charge in [0.1, 0.15) is 19.3 Å². The number of hydrogen-bond acceptors (Lipinski definition) is 6. The van der Waals surface area contributed by atoms with Crippen molar-refractivity contribution in [2.45, 2.75) is 25.7 Å². The third-order valence-corrected chi connectivity index (χ3v) is 3.55. The third-order valence-electron chi connectivity index (χ3n) is 3.55. The summed E-state index contributed by atoms with van der Waals surface area (Å²) in [4.78, 5) is 28.9. The summed E-state index contributed by atoms with van der Waals surface area (Å²) in [7, 11) is 1.25. The Kier molecular flexibility index (Phi) is 8.36. The molecule has 0 saturated carbocycles. The summed E-state index contributed by atoms with van der Waals surface area (Å²) in [6.45, 7) is 0.418. The molecule has 142 valence electrons. The summed E-state index contributed by atoms with van der Waals surface area (Å²) < 4.78 is 9.80. The van der Waals surface area contributed by atoms with Crippen LogP contribution in [0.5, 0.6) is 0 Å². The molecule has 27 heavy (non-hydrogen) atoms. The Morgan fingerprint density at radius 1 is 1.00 bits per heavy atom. The highest BCUT2D eigenvalue weighted by molar-refractivity contribution is 5.84. The van der Waals surface area contributed by atoms with E-state index in [2.05, 4.69) is 10.5 Å². The Morgan fingerprint density at radius 3 is 2.19 bits per heavy atom. The van der Waals surface area contributed by atoms with Gasteiger partial charge in [-0.25, -0.2) is 9.59 Å². The van der Waals surface area contributed by atoms with Crippen molar-refractivity contribution in [2.24, 2.45) is 5.16 Å². The molecule has 0 fully saturated rings. The summed E-state index contributed by atoms with van der Waals surface area (Å²) in [5.41, 5.74) is 1.82. The van der Waals surface area contributed by atoms with Gasteiger partial charge in [0.15, 0.2) is 0 Å². The second-order valence-corrected chi connectivity index (χ2v) is 5.56. The zero-order valence-electron chi connectivity index (χ0n) is 15.0. The lowest BCUT2D eigenvalue weighted by molar-refractivity contribution is -0.142. The van der Waals surface area contributed by atoms with Gasteiger partial charge >= 0.3 is 12.1 Å². The minimum Gasteiger partial charge on any atom is -0.467 e. The van der Waals surface area contributed by atoms with Gasteiger partial charge in [-0.2, -0.15) is 0 Å². The molecule has 0 aromatic heterocycles. The van der Waals surface area contributed by atoms with Crippen LogP contribution in [0.4, 0.5) is 4.79 Å². The van der Waals surface area contributed by atoms with Crippen molar-refractivity contribution in [2.75, 3.05) is 7.11 Å². The molecular formula is C20H22N2O5. The number of amides is 1. The number of rotatable bonds is 9. The number of alkyl carbamates (subject to hydrolysis) is 1. The number of ether oxygens (including phenoxy) is 2. The summed E-state index contributed by atoms with van der Waals surface area (Å²) in [5, 5.41) is 6.26. The Bertz CT molecular complexity index is 735. The van der Waals surface area contributed by atoms with Crippen LogP contribution in [0.1, 0.15) is 17.5 Å². The zero-order valence-corrected chi connectivity index (χ0v) is 15.0. The van der Waals surface area contributed by atoms with Gasteiger partial charge in [-0.05, 0) is 11.1 Å². The number of benzene rings is 2. The van der Waals surface area contributed by atoms with E-state index >= 15 is 0 Å². The standard InChI is InChI=1S/C20H22N2O5/c1-25-19(23)18(12-13-21-27-15-17-10-6-3-7-11-17)22-20(24)26-14-16-8-4-2-5-9-16/h2-11,13,18H,12,14-15H2,1H3,(H,22,24)/b21-13-. The summed E-state index contributed by atoms with van der Waals surface area (Å²) in [6.07, 6.45) is 0.803. The Labute approximate surface area is 157 Å². The minimum absolute atomic E-state index is 0.106. The van der Waals surface area contributed by atoms with Crippen molar-refractivity contribution in [3.63, 3.8) is 0 Å². The molecule has 1 unspecified atom stereocenters. The minimum atomic E-state index is -0.914. The molecule has 2 aromatic carbocycles. The average molecular weight is 370 g/mol. The van der Waals surface area contributed by atoms with Crippen LogP contribution in [-0.4, -0.2) is 31.4 Å². The highest BCUT2D eigenvalue weighted by atomic mass is 16.6. The number of nitrogens with zero attached hydrogens (tertiary/aromatic N) is 1. The first-order valence-electron chi connectivity index (χ1n) is 8.42. The first kappa shape index (κ1) is 20.0. The highest BCUT2D eigenvalue weighted by Crippen LogP contribution is 2.03. The van der Waals surface area contributed by atoms with Gasteiger partial charge in [0.05, 0.1) is 7.11 Å². The van der Waals surface area contributed by atoms with E-state index in [1.54, 1.807) is 0 Å². The molecule has 7 nitrogen and oxygen atoms in total. The van der Waals surface area contributed by atoms with Crippen LogP contribution in [-0.2, 0) is 32.3 Å². The molecule has 7 heteroatoms. The number of carbonyl (C=O) groups is 2. The fraction of sp³-hybridized carbons (Fsp3) is 0.250. The number of esters is 1. The maximum atomic E-state index is 11.9. The molecule has 0 bridgehead atoms. The fourth-order valence-electron chi connectivity index (χ4n) is 2.15. The van der Waals surface area contributed by atoms with Gasteiger partial charge in [0.25, 0.3) is 0 Å². The molecule has 1 atom stereocenters. The number of nitrogens with one attached hydrogen (secondary N) is 1. The maximum Gasteiger partial charge on any atom is 0.408 e. The van der Waals surface area contributed by atoms with E-state index in [0.29, 0.717) is 6.61 Å². The quantitative estimate of drug-likeness (QED) is 0.416. The first-order valence-corrected chi connectivity index (χ1v) is 8.42. The molecular weight excluding hydrogens is 348 g/mol. The number of methoxy groups -OCH3 is 1. The van der Waals surface area contributed by atoms with E-state index in [0.717, 1.165) is 11.1 Å². The van der Waals surface area contributed by atoms with E-state index in [1.165, 1.54) is 13.3 Å². The Morgan fingerprint density at radius 2 is 1.59 bits per heavy atom. The van der Waals surface area contributed by atoms with Gasteiger partial charge in [-0.3, -0.25) is 0 Å². The van der Waals surface area contributed by atoms with Gasteiger partial charge in [-0.1, -0.05) is 65.8 Å². The normalized spacial score (nSPS) is 11.6. The van der Waals surface area contributed by atoms with Crippen molar-refractivity contribution in [1.82, 2.24) is 5.32 Å². The molecule has 0 aliphatic carbocycles. The van der Waals surface area contributed by atoms with Gasteiger partial charge in [-0.15, -0.1) is 0 Å². The number of oxime groups is 1. The van der Waals surface area contributed by atoms with Crippen LogP contribution < -0.4 is 5.32 Å². The second kappa shape index (κ2) is 11.3. The molecule has 1 N–H and O–H groups in total. The molecule has 0 heterocycles.